The van der Waals surface area contributed by atoms with Gasteiger partial charge < -0.3 is 9.84 Å². The largest absolute Gasteiger partial charge is 0.491 e. The third-order valence-electron chi connectivity index (χ3n) is 2.11. The van der Waals surface area contributed by atoms with Gasteiger partial charge in [0, 0.05) is 5.56 Å². The molecule has 4 nitrogen and oxygen atoms in total. The summed E-state index contributed by atoms with van der Waals surface area (Å²) in [5.41, 5.74) is 0.634. The van der Waals surface area contributed by atoms with Crippen LogP contribution >= 0.6 is 0 Å². The number of rotatable bonds is 6. The molecule has 1 N–H and O–H groups in total. The number of hydrogen-bond donors (Lipinski definition) is 1. The minimum Gasteiger partial charge on any atom is -0.491 e. The molecule has 96 valence electrons. The monoisotopic (exact) mass is 258 g/mol. The quantitative estimate of drug-likeness (QED) is 0.837. The van der Waals surface area contributed by atoms with Gasteiger partial charge in [0.1, 0.15) is 5.75 Å². The van der Waals surface area contributed by atoms with Gasteiger partial charge in [-0.1, -0.05) is 18.2 Å². The number of benzene rings is 1. The van der Waals surface area contributed by atoms with E-state index in [-0.39, 0.29) is 24.2 Å². The first-order valence-electron chi connectivity index (χ1n) is 5.50. The van der Waals surface area contributed by atoms with Gasteiger partial charge in [0.25, 0.3) is 0 Å². The lowest BCUT2D eigenvalue weighted by atomic mass is 10.2. The third-order valence-corrected chi connectivity index (χ3v) is 3.67. The summed E-state index contributed by atoms with van der Waals surface area (Å²) >= 11 is 0. The molecule has 0 amide bonds. The zero-order valence-electron chi connectivity index (χ0n) is 10.1. The molecule has 1 rings (SSSR count). The normalized spacial score (nSPS) is 11.8. The molecule has 0 saturated heterocycles. The van der Waals surface area contributed by atoms with Crippen molar-refractivity contribution in [3.8, 4) is 5.75 Å². The molecular weight excluding hydrogens is 240 g/mol. The molecule has 0 bridgehead atoms. The summed E-state index contributed by atoms with van der Waals surface area (Å²) in [6.45, 7) is 3.42. The Kier molecular flexibility index (Phi) is 4.96. The van der Waals surface area contributed by atoms with Gasteiger partial charge in [-0.3, -0.25) is 0 Å². The number of hydrogen-bond acceptors (Lipinski definition) is 4. The Hall–Kier alpha value is -1.07. The molecule has 0 atom stereocenters. The van der Waals surface area contributed by atoms with E-state index in [1.807, 2.05) is 13.8 Å². The number of aliphatic hydroxyl groups excluding tert-OH is 1. The Balaban J connectivity index is 2.90. The highest BCUT2D eigenvalue weighted by atomic mass is 32.2. The number of ether oxygens (including phenoxy) is 1. The Morgan fingerprint density at radius 3 is 2.53 bits per heavy atom. The standard InChI is InChI=1S/C12H18O4S/c1-10(2)16-12-6-4-3-5-11(12)9-17(14,15)8-7-13/h3-6,10,13H,7-9H2,1-2H3. The molecule has 0 unspecified atom stereocenters. The van der Waals surface area contributed by atoms with Crippen LogP contribution in [-0.4, -0.2) is 32.0 Å². The van der Waals surface area contributed by atoms with Gasteiger partial charge in [-0.15, -0.1) is 0 Å². The molecule has 5 heteroatoms. The molecule has 0 saturated carbocycles. The van der Waals surface area contributed by atoms with E-state index in [2.05, 4.69) is 0 Å². The van der Waals surface area contributed by atoms with Crippen molar-refractivity contribution in [1.29, 1.82) is 0 Å². The highest BCUT2D eigenvalue weighted by Gasteiger charge is 2.14. The molecule has 0 aliphatic carbocycles. The van der Waals surface area contributed by atoms with Crippen LogP contribution in [0.4, 0.5) is 0 Å². The van der Waals surface area contributed by atoms with E-state index < -0.39 is 9.84 Å². The Morgan fingerprint density at radius 1 is 1.29 bits per heavy atom. The van der Waals surface area contributed by atoms with Gasteiger partial charge in [-0.2, -0.15) is 0 Å². The van der Waals surface area contributed by atoms with Crippen molar-refractivity contribution in [1.82, 2.24) is 0 Å². The van der Waals surface area contributed by atoms with Crippen molar-refractivity contribution in [2.75, 3.05) is 12.4 Å². The van der Waals surface area contributed by atoms with Crippen molar-refractivity contribution in [2.45, 2.75) is 25.7 Å². The summed E-state index contributed by atoms with van der Waals surface area (Å²) in [4.78, 5) is 0. The van der Waals surface area contributed by atoms with Crippen LogP contribution in [0, 0.1) is 0 Å². The van der Waals surface area contributed by atoms with Crippen LogP contribution < -0.4 is 4.74 Å². The number of sulfone groups is 1. The molecule has 0 aliphatic rings. The van der Waals surface area contributed by atoms with Gasteiger partial charge in [0.15, 0.2) is 9.84 Å². The molecule has 0 radical (unpaired) electrons. The van der Waals surface area contributed by atoms with Crippen LogP contribution in [0.5, 0.6) is 5.75 Å². The SMILES string of the molecule is CC(C)Oc1ccccc1CS(=O)(=O)CCO. The Bertz CT molecular complexity index is 451. The molecule has 0 fully saturated rings. The van der Waals surface area contributed by atoms with Crippen molar-refractivity contribution < 1.29 is 18.3 Å². The highest BCUT2D eigenvalue weighted by molar-refractivity contribution is 7.90. The average molecular weight is 258 g/mol. The van der Waals surface area contributed by atoms with Crippen molar-refractivity contribution >= 4 is 9.84 Å². The van der Waals surface area contributed by atoms with E-state index in [0.717, 1.165) is 0 Å². The maximum absolute atomic E-state index is 11.6. The van der Waals surface area contributed by atoms with Crippen LogP contribution in [0.15, 0.2) is 24.3 Å². The van der Waals surface area contributed by atoms with Crippen molar-refractivity contribution in [3.05, 3.63) is 29.8 Å². The van der Waals surface area contributed by atoms with Crippen LogP contribution in [-0.2, 0) is 15.6 Å². The minimum atomic E-state index is -3.27. The lowest BCUT2D eigenvalue weighted by Crippen LogP contribution is -2.14. The van der Waals surface area contributed by atoms with Crippen LogP contribution in [0.3, 0.4) is 0 Å². The second kappa shape index (κ2) is 6.02. The fraction of sp³-hybridized carbons (Fsp3) is 0.500. The summed E-state index contributed by atoms with van der Waals surface area (Å²) < 4.78 is 28.8. The molecule has 1 aromatic rings. The Labute approximate surface area is 102 Å². The van der Waals surface area contributed by atoms with E-state index in [1.54, 1.807) is 24.3 Å². The summed E-state index contributed by atoms with van der Waals surface area (Å²) in [7, 11) is -3.27. The lowest BCUT2D eigenvalue weighted by molar-refractivity contribution is 0.240. The molecule has 0 aliphatic heterocycles. The fourth-order valence-electron chi connectivity index (χ4n) is 1.44. The zero-order chi connectivity index (χ0) is 12.9. The lowest BCUT2D eigenvalue weighted by Gasteiger charge is -2.14. The van der Waals surface area contributed by atoms with Crippen LogP contribution in [0.2, 0.25) is 0 Å². The van der Waals surface area contributed by atoms with Crippen LogP contribution in [0.25, 0.3) is 0 Å². The van der Waals surface area contributed by atoms with Gasteiger partial charge in [-0.05, 0) is 19.9 Å². The minimum absolute atomic E-state index is 0.00306. The summed E-state index contributed by atoms with van der Waals surface area (Å²) in [6, 6.07) is 7.06. The van der Waals surface area contributed by atoms with Gasteiger partial charge in [0.05, 0.1) is 24.2 Å². The van der Waals surface area contributed by atoms with Gasteiger partial charge in [-0.25, -0.2) is 8.42 Å². The van der Waals surface area contributed by atoms with E-state index in [1.165, 1.54) is 0 Å². The third kappa shape index (κ3) is 4.75. The smallest absolute Gasteiger partial charge is 0.156 e. The van der Waals surface area contributed by atoms with Gasteiger partial charge >= 0.3 is 0 Å². The fourth-order valence-corrected chi connectivity index (χ4v) is 2.57. The first-order valence-corrected chi connectivity index (χ1v) is 7.32. The average Bonchev–Trinajstić information content (AvgIpc) is 2.19. The maximum atomic E-state index is 11.6. The molecule has 0 heterocycles. The summed E-state index contributed by atoms with van der Waals surface area (Å²) in [6.07, 6.45) is -0.00306. The summed E-state index contributed by atoms with van der Waals surface area (Å²) in [5.74, 6) is 0.267. The predicted octanol–water partition coefficient (Wildman–Crippen LogP) is 1.38. The van der Waals surface area contributed by atoms with E-state index in [0.29, 0.717) is 11.3 Å². The number of aliphatic hydroxyl groups is 1. The molecular formula is C12H18O4S. The molecule has 0 spiro atoms. The van der Waals surface area contributed by atoms with E-state index >= 15 is 0 Å². The molecule has 0 aromatic heterocycles. The van der Waals surface area contributed by atoms with Gasteiger partial charge in [0.2, 0.25) is 0 Å². The topological polar surface area (TPSA) is 63.6 Å². The Morgan fingerprint density at radius 2 is 1.94 bits per heavy atom. The second-order valence-corrected chi connectivity index (χ2v) is 6.27. The predicted molar refractivity (Wildman–Crippen MR) is 66.8 cm³/mol. The van der Waals surface area contributed by atoms with Crippen molar-refractivity contribution in [2.24, 2.45) is 0 Å². The van der Waals surface area contributed by atoms with E-state index in [4.69, 9.17) is 9.84 Å². The van der Waals surface area contributed by atoms with Crippen molar-refractivity contribution in [3.63, 3.8) is 0 Å². The molecule has 17 heavy (non-hydrogen) atoms. The number of para-hydroxylation sites is 1. The highest BCUT2D eigenvalue weighted by Crippen LogP contribution is 2.21. The van der Waals surface area contributed by atoms with Crippen LogP contribution in [0.1, 0.15) is 19.4 Å². The van der Waals surface area contributed by atoms with E-state index in [9.17, 15) is 8.42 Å². The first-order chi connectivity index (χ1) is 7.94. The molecule has 1 aromatic carbocycles. The summed E-state index contributed by atoms with van der Waals surface area (Å²) in [5, 5.41) is 8.68. The maximum Gasteiger partial charge on any atom is 0.156 e. The first kappa shape index (κ1) is 14.0. The zero-order valence-corrected chi connectivity index (χ0v) is 10.9. The second-order valence-electron chi connectivity index (χ2n) is 4.09.